The number of hydrogen-bond acceptors (Lipinski definition) is 9. The van der Waals surface area contributed by atoms with Crippen LogP contribution in [0.5, 0.6) is 5.75 Å². The molecule has 1 amide bonds. The number of nitrogens with one attached hydrogen (secondary N) is 2. The van der Waals surface area contributed by atoms with Gasteiger partial charge in [0.2, 0.25) is 6.41 Å². The number of pyridine rings is 1. The molecule has 11 heteroatoms. The first kappa shape index (κ1) is 23.0. The maximum atomic E-state index is 11.0. The summed E-state index contributed by atoms with van der Waals surface area (Å²) in [6, 6.07) is 17.3. The number of hydrogen-bond donors (Lipinski definition) is 2. The average molecular weight is 516 g/mol. The lowest BCUT2D eigenvalue weighted by atomic mass is 10.2. The van der Waals surface area contributed by atoms with E-state index < -0.39 is 0 Å². The Hall–Kier alpha value is -4.44. The van der Waals surface area contributed by atoms with Crippen molar-refractivity contribution >= 4 is 52.1 Å². The number of carbonyl (C=O) groups excluding carboxylic acids is 1. The Kier molecular flexibility index (Phi) is 6.15. The van der Waals surface area contributed by atoms with E-state index in [1.807, 2.05) is 48.5 Å². The first-order chi connectivity index (χ1) is 18.1. The summed E-state index contributed by atoms with van der Waals surface area (Å²) in [6.07, 6.45) is 3.95. The summed E-state index contributed by atoms with van der Waals surface area (Å²) < 4.78 is 11.7. The fourth-order valence-electron chi connectivity index (χ4n) is 4.32. The van der Waals surface area contributed by atoms with Crippen LogP contribution < -0.4 is 15.4 Å². The largest absolute Gasteiger partial charge is 0.486 e. The van der Waals surface area contributed by atoms with E-state index in [4.69, 9.17) is 21.1 Å². The Bertz CT molecular complexity index is 1480. The van der Waals surface area contributed by atoms with Crippen molar-refractivity contribution in [2.75, 3.05) is 23.7 Å². The number of fused-ring (bicyclic) bond motifs is 2. The second kappa shape index (κ2) is 9.90. The maximum absolute atomic E-state index is 11.0. The maximum Gasteiger partial charge on any atom is 0.290 e. The van der Waals surface area contributed by atoms with Crippen molar-refractivity contribution in [3.63, 3.8) is 0 Å². The molecule has 0 saturated carbocycles. The lowest BCUT2D eigenvalue weighted by Crippen LogP contribution is -2.25. The highest BCUT2D eigenvalue weighted by molar-refractivity contribution is 6.32. The number of amides is 1. The van der Waals surface area contributed by atoms with Crippen molar-refractivity contribution in [2.24, 2.45) is 4.99 Å². The molecular formula is C26H22ClN7O3. The molecule has 2 atom stereocenters. The number of ether oxygens (including phenoxy) is 2. The molecule has 10 nitrogen and oxygen atoms in total. The van der Waals surface area contributed by atoms with E-state index in [0.717, 1.165) is 34.4 Å². The predicted molar refractivity (Wildman–Crippen MR) is 140 cm³/mol. The van der Waals surface area contributed by atoms with Crippen LogP contribution in [0.15, 0.2) is 72.1 Å². The zero-order valence-electron chi connectivity index (χ0n) is 19.5. The molecule has 2 unspecified atom stereocenters. The summed E-state index contributed by atoms with van der Waals surface area (Å²) in [5.74, 6) is 1.19. The van der Waals surface area contributed by atoms with Gasteiger partial charge in [0.25, 0.3) is 6.02 Å². The van der Waals surface area contributed by atoms with Gasteiger partial charge in [-0.05, 0) is 48.5 Å². The van der Waals surface area contributed by atoms with E-state index in [0.29, 0.717) is 42.3 Å². The van der Waals surface area contributed by atoms with Crippen molar-refractivity contribution in [2.45, 2.75) is 18.8 Å². The van der Waals surface area contributed by atoms with Gasteiger partial charge in [-0.25, -0.2) is 15.0 Å². The molecule has 2 aromatic carbocycles. The molecule has 0 spiro atoms. The lowest BCUT2D eigenvalue weighted by molar-refractivity contribution is -0.117. The Morgan fingerprint density at radius 1 is 1.05 bits per heavy atom. The number of carbonyl (C=O) groups is 1. The number of nitrogens with zero attached hydrogens (tertiary/aromatic N) is 5. The number of halogens is 1. The van der Waals surface area contributed by atoms with Crippen LogP contribution in [-0.4, -0.2) is 57.5 Å². The lowest BCUT2D eigenvalue weighted by Gasteiger charge is -2.14. The number of aromatic nitrogens is 3. The Morgan fingerprint density at radius 3 is 2.76 bits per heavy atom. The van der Waals surface area contributed by atoms with Gasteiger partial charge >= 0.3 is 0 Å². The van der Waals surface area contributed by atoms with Crippen LogP contribution in [0.3, 0.4) is 0 Å². The molecule has 1 fully saturated rings. The van der Waals surface area contributed by atoms with Crippen molar-refractivity contribution in [3.8, 4) is 5.75 Å². The van der Waals surface area contributed by atoms with Crippen molar-refractivity contribution in [1.29, 1.82) is 0 Å². The molecule has 2 aliphatic rings. The third-order valence-corrected chi connectivity index (χ3v) is 6.44. The van der Waals surface area contributed by atoms with Gasteiger partial charge < -0.3 is 25.0 Å². The van der Waals surface area contributed by atoms with Crippen LogP contribution in [0.1, 0.15) is 5.69 Å². The summed E-state index contributed by atoms with van der Waals surface area (Å²) in [7, 11) is 0. The van der Waals surface area contributed by atoms with E-state index in [2.05, 4.69) is 30.6 Å². The van der Waals surface area contributed by atoms with Gasteiger partial charge in [-0.15, -0.1) is 0 Å². The highest BCUT2D eigenvalue weighted by Crippen LogP contribution is 2.32. The van der Waals surface area contributed by atoms with Gasteiger partial charge in [0.15, 0.2) is 0 Å². The molecule has 37 heavy (non-hydrogen) atoms. The first-order valence-electron chi connectivity index (χ1n) is 11.7. The summed E-state index contributed by atoms with van der Waals surface area (Å²) in [5, 5.41) is 7.83. The van der Waals surface area contributed by atoms with Crippen LogP contribution in [0.4, 0.5) is 17.2 Å². The minimum Gasteiger partial charge on any atom is -0.486 e. The molecule has 186 valence electrons. The third-order valence-electron chi connectivity index (χ3n) is 6.14. The quantitative estimate of drug-likeness (QED) is 0.355. The summed E-state index contributed by atoms with van der Waals surface area (Å²) in [5.41, 5.74) is 3.13. The highest BCUT2D eigenvalue weighted by atomic mass is 35.5. The Labute approximate surface area is 217 Å². The molecular weight excluding hydrogens is 494 g/mol. The number of aliphatic imine (C=N–C) groups is 1. The van der Waals surface area contributed by atoms with Crippen LogP contribution in [0.25, 0.3) is 10.9 Å². The van der Waals surface area contributed by atoms with E-state index >= 15 is 0 Å². The van der Waals surface area contributed by atoms with E-state index in [1.54, 1.807) is 17.2 Å². The Balaban J connectivity index is 1.17. The number of rotatable bonds is 7. The molecule has 6 rings (SSSR count). The number of anilines is 3. The summed E-state index contributed by atoms with van der Waals surface area (Å²) in [6.45, 7) is 1.43. The molecule has 1 saturated heterocycles. The topological polar surface area (TPSA) is 114 Å². The molecule has 2 aliphatic heterocycles. The van der Waals surface area contributed by atoms with Crippen LogP contribution in [-0.2, 0) is 16.1 Å². The monoisotopic (exact) mass is 515 g/mol. The standard InChI is InChI=1S/C26H22ClN7O3/c27-20-10-17(5-7-23(20)36-13-18-3-1-2-8-28-18)31-25-19-9-16(4-6-21(19)29-14-30-25)32-26-33-22-11-34(15-35)12-24(22)37-26/h1-10,14-15,22,24H,11-13H2,(H,32,33)(H,29,30,31). The summed E-state index contributed by atoms with van der Waals surface area (Å²) >= 11 is 6.48. The van der Waals surface area contributed by atoms with Crippen molar-refractivity contribution < 1.29 is 14.3 Å². The van der Waals surface area contributed by atoms with Crippen LogP contribution >= 0.6 is 11.6 Å². The molecule has 0 bridgehead atoms. The molecule has 0 radical (unpaired) electrons. The molecule has 0 aliphatic carbocycles. The predicted octanol–water partition coefficient (Wildman–Crippen LogP) is 4.01. The molecule has 4 heterocycles. The van der Waals surface area contributed by atoms with Crippen LogP contribution in [0.2, 0.25) is 5.02 Å². The zero-order valence-corrected chi connectivity index (χ0v) is 20.3. The van der Waals surface area contributed by atoms with E-state index in [-0.39, 0.29) is 12.1 Å². The number of likely N-dealkylation sites (tertiary alicyclic amines) is 1. The number of benzene rings is 2. The second-order valence-corrected chi connectivity index (χ2v) is 9.08. The molecule has 2 aromatic heterocycles. The van der Waals surface area contributed by atoms with Crippen LogP contribution in [0, 0.1) is 0 Å². The van der Waals surface area contributed by atoms with Gasteiger partial charge in [0.05, 0.1) is 22.8 Å². The van der Waals surface area contributed by atoms with E-state index in [1.165, 1.54) is 6.33 Å². The first-order valence-corrected chi connectivity index (χ1v) is 12.1. The second-order valence-electron chi connectivity index (χ2n) is 8.68. The fourth-order valence-corrected chi connectivity index (χ4v) is 4.56. The van der Waals surface area contributed by atoms with Gasteiger partial charge in [-0.1, -0.05) is 17.7 Å². The van der Waals surface area contributed by atoms with Gasteiger partial charge in [-0.2, -0.15) is 0 Å². The highest BCUT2D eigenvalue weighted by Gasteiger charge is 2.39. The normalized spacial score (nSPS) is 18.2. The fraction of sp³-hybridized carbons (Fsp3) is 0.192. The smallest absolute Gasteiger partial charge is 0.290 e. The minimum absolute atomic E-state index is 0.0469. The SMILES string of the molecule is O=CN1CC2N=C(Nc3ccc4ncnc(Nc5ccc(OCc6ccccn6)c(Cl)c5)c4c3)OC2C1. The van der Waals surface area contributed by atoms with Gasteiger partial charge in [-0.3, -0.25) is 9.78 Å². The van der Waals surface area contributed by atoms with Gasteiger partial charge in [0, 0.05) is 29.5 Å². The van der Waals surface area contributed by atoms with Gasteiger partial charge in [0.1, 0.15) is 36.6 Å². The van der Waals surface area contributed by atoms with Crippen molar-refractivity contribution in [3.05, 3.63) is 77.8 Å². The third kappa shape index (κ3) is 4.96. The van der Waals surface area contributed by atoms with Crippen molar-refractivity contribution in [1.82, 2.24) is 19.9 Å². The zero-order chi connectivity index (χ0) is 25.2. The van der Waals surface area contributed by atoms with E-state index in [9.17, 15) is 4.79 Å². The molecule has 4 aromatic rings. The Morgan fingerprint density at radius 2 is 1.95 bits per heavy atom. The number of amidine groups is 1. The summed E-state index contributed by atoms with van der Waals surface area (Å²) in [4.78, 5) is 30.3. The minimum atomic E-state index is -0.116. The average Bonchev–Trinajstić information content (AvgIpc) is 3.47. The molecule has 2 N–H and O–H groups in total.